The van der Waals surface area contributed by atoms with Gasteiger partial charge in [0.25, 0.3) is 0 Å². The molecule has 1 rings (SSSR count). The molecule has 0 saturated heterocycles. The lowest BCUT2D eigenvalue weighted by Gasteiger charge is -2.01. The van der Waals surface area contributed by atoms with E-state index in [1.165, 1.54) is 0 Å². The van der Waals surface area contributed by atoms with E-state index in [9.17, 15) is 4.79 Å². The van der Waals surface area contributed by atoms with Gasteiger partial charge in [-0.3, -0.25) is 4.98 Å². The summed E-state index contributed by atoms with van der Waals surface area (Å²) < 4.78 is 5.30. The summed E-state index contributed by atoms with van der Waals surface area (Å²) in [7, 11) is 0. The van der Waals surface area contributed by atoms with Crippen LogP contribution in [0.4, 0.5) is 4.79 Å². The van der Waals surface area contributed by atoms with E-state index in [0.29, 0.717) is 18.8 Å². The number of hydrogen-bond donors (Lipinski definition) is 2. The molecule has 0 saturated carbocycles. The van der Waals surface area contributed by atoms with Gasteiger partial charge in [0, 0.05) is 12.7 Å². The molecule has 5 nitrogen and oxygen atoms in total. The standard InChI is InChI=1S/C12H15N3O2/c1-2-14-12(16)15-8-3-4-9-17-11-6-5-7-13-10-11/h5-7,10H,2,8-9H2,1H3,(H2,14,15,16). The van der Waals surface area contributed by atoms with Crippen LogP contribution in [0.2, 0.25) is 0 Å². The molecular weight excluding hydrogens is 218 g/mol. The zero-order valence-corrected chi connectivity index (χ0v) is 9.69. The number of urea groups is 1. The van der Waals surface area contributed by atoms with Gasteiger partial charge in [-0.25, -0.2) is 4.79 Å². The van der Waals surface area contributed by atoms with E-state index in [1.807, 2.05) is 13.0 Å². The average molecular weight is 233 g/mol. The molecule has 0 unspecified atom stereocenters. The summed E-state index contributed by atoms with van der Waals surface area (Å²) in [5.74, 6) is 6.25. The molecular formula is C12H15N3O2. The summed E-state index contributed by atoms with van der Waals surface area (Å²) in [6, 6.07) is 3.39. The average Bonchev–Trinajstić information content (AvgIpc) is 2.35. The molecule has 5 heteroatoms. The van der Waals surface area contributed by atoms with Gasteiger partial charge in [0.1, 0.15) is 12.4 Å². The van der Waals surface area contributed by atoms with Crippen molar-refractivity contribution in [1.29, 1.82) is 0 Å². The maximum atomic E-state index is 11.0. The topological polar surface area (TPSA) is 63.2 Å². The van der Waals surface area contributed by atoms with E-state index in [4.69, 9.17) is 4.74 Å². The first-order valence-corrected chi connectivity index (χ1v) is 5.33. The fraction of sp³-hybridized carbons (Fsp3) is 0.333. The molecule has 0 fully saturated rings. The highest BCUT2D eigenvalue weighted by Gasteiger charge is 1.92. The van der Waals surface area contributed by atoms with E-state index in [2.05, 4.69) is 27.5 Å². The molecule has 0 aliphatic carbocycles. The number of nitrogens with one attached hydrogen (secondary N) is 2. The summed E-state index contributed by atoms with van der Waals surface area (Å²) in [4.78, 5) is 14.9. The lowest BCUT2D eigenvalue weighted by molar-refractivity contribution is 0.242. The van der Waals surface area contributed by atoms with Gasteiger partial charge in [0.2, 0.25) is 0 Å². The second-order valence-electron chi connectivity index (χ2n) is 3.04. The Morgan fingerprint density at radius 1 is 1.47 bits per heavy atom. The lowest BCUT2D eigenvalue weighted by Crippen LogP contribution is -2.35. The van der Waals surface area contributed by atoms with E-state index in [1.54, 1.807) is 18.5 Å². The monoisotopic (exact) mass is 233 g/mol. The van der Waals surface area contributed by atoms with Gasteiger partial charge in [-0.2, -0.15) is 0 Å². The molecule has 1 aromatic rings. The summed E-state index contributed by atoms with van der Waals surface area (Å²) in [6.07, 6.45) is 3.30. The Bertz CT molecular complexity index is 395. The largest absolute Gasteiger partial charge is 0.479 e. The lowest BCUT2D eigenvalue weighted by atomic mass is 10.5. The van der Waals surface area contributed by atoms with Crippen molar-refractivity contribution in [2.24, 2.45) is 0 Å². The number of carbonyl (C=O) groups excluding carboxylic acids is 1. The van der Waals surface area contributed by atoms with Gasteiger partial charge in [0.15, 0.2) is 0 Å². The van der Waals surface area contributed by atoms with Crippen LogP contribution in [0.25, 0.3) is 0 Å². The van der Waals surface area contributed by atoms with Crippen LogP contribution < -0.4 is 15.4 Å². The van der Waals surface area contributed by atoms with Crippen molar-refractivity contribution in [1.82, 2.24) is 15.6 Å². The minimum absolute atomic E-state index is 0.213. The number of carbonyl (C=O) groups is 1. The third kappa shape index (κ3) is 6.05. The van der Waals surface area contributed by atoms with Crippen molar-refractivity contribution in [3.8, 4) is 17.6 Å². The maximum Gasteiger partial charge on any atom is 0.315 e. The van der Waals surface area contributed by atoms with Crippen LogP contribution in [0.1, 0.15) is 6.92 Å². The van der Waals surface area contributed by atoms with E-state index >= 15 is 0 Å². The Hall–Kier alpha value is -2.22. The SMILES string of the molecule is CCNC(=O)NCC#CCOc1cccnc1. The van der Waals surface area contributed by atoms with Gasteiger partial charge in [-0.1, -0.05) is 11.8 Å². The maximum absolute atomic E-state index is 11.0. The van der Waals surface area contributed by atoms with Crippen molar-refractivity contribution >= 4 is 6.03 Å². The highest BCUT2D eigenvalue weighted by atomic mass is 16.5. The van der Waals surface area contributed by atoms with E-state index < -0.39 is 0 Å². The van der Waals surface area contributed by atoms with Crippen LogP contribution in [0.15, 0.2) is 24.5 Å². The number of pyridine rings is 1. The molecule has 1 heterocycles. The second-order valence-corrected chi connectivity index (χ2v) is 3.04. The molecule has 0 bridgehead atoms. The number of amides is 2. The molecule has 1 aromatic heterocycles. The molecule has 2 N–H and O–H groups in total. The zero-order valence-electron chi connectivity index (χ0n) is 9.69. The van der Waals surface area contributed by atoms with Gasteiger partial charge in [0.05, 0.1) is 12.7 Å². The number of hydrogen-bond acceptors (Lipinski definition) is 3. The van der Waals surface area contributed by atoms with Crippen molar-refractivity contribution in [2.45, 2.75) is 6.92 Å². The number of ether oxygens (including phenoxy) is 1. The molecule has 0 aliphatic heterocycles. The van der Waals surface area contributed by atoms with E-state index in [0.717, 1.165) is 0 Å². The third-order valence-electron chi connectivity index (χ3n) is 1.75. The van der Waals surface area contributed by atoms with Crippen molar-refractivity contribution < 1.29 is 9.53 Å². The van der Waals surface area contributed by atoms with Crippen LogP contribution in [0.3, 0.4) is 0 Å². The van der Waals surface area contributed by atoms with Crippen LogP contribution in [-0.2, 0) is 0 Å². The van der Waals surface area contributed by atoms with Gasteiger partial charge < -0.3 is 15.4 Å². The molecule has 17 heavy (non-hydrogen) atoms. The predicted octanol–water partition coefficient (Wildman–Crippen LogP) is 0.783. The quantitative estimate of drug-likeness (QED) is 0.755. The number of nitrogens with zero attached hydrogens (tertiary/aromatic N) is 1. The van der Waals surface area contributed by atoms with Gasteiger partial charge >= 0.3 is 6.03 Å². The number of rotatable bonds is 4. The minimum Gasteiger partial charge on any atom is -0.479 e. The van der Waals surface area contributed by atoms with Crippen molar-refractivity contribution in [3.05, 3.63) is 24.5 Å². The molecule has 0 aromatic carbocycles. The summed E-state index contributed by atoms with van der Waals surface area (Å²) in [5.41, 5.74) is 0. The Kier molecular flexibility index (Phi) is 6.04. The normalized spacial score (nSPS) is 8.76. The van der Waals surface area contributed by atoms with Crippen LogP contribution in [0.5, 0.6) is 5.75 Å². The zero-order chi connectivity index (χ0) is 12.3. The van der Waals surface area contributed by atoms with Gasteiger partial charge in [-0.05, 0) is 19.1 Å². The third-order valence-corrected chi connectivity index (χ3v) is 1.75. The number of aromatic nitrogens is 1. The molecule has 0 spiro atoms. The molecule has 90 valence electrons. The minimum atomic E-state index is -0.213. The Balaban J connectivity index is 2.13. The van der Waals surface area contributed by atoms with Crippen molar-refractivity contribution in [2.75, 3.05) is 19.7 Å². The van der Waals surface area contributed by atoms with Crippen molar-refractivity contribution in [3.63, 3.8) is 0 Å². The second kappa shape index (κ2) is 7.99. The Morgan fingerprint density at radius 3 is 3.06 bits per heavy atom. The Labute approximate surface area is 101 Å². The van der Waals surface area contributed by atoms with Crippen LogP contribution >= 0.6 is 0 Å². The highest BCUT2D eigenvalue weighted by Crippen LogP contribution is 2.04. The highest BCUT2D eigenvalue weighted by molar-refractivity contribution is 5.73. The molecule has 2 amide bonds. The summed E-state index contributed by atoms with van der Waals surface area (Å²) in [6.45, 7) is 3.04. The summed E-state index contributed by atoms with van der Waals surface area (Å²) in [5, 5.41) is 5.20. The molecule has 0 atom stereocenters. The molecule has 0 aliphatic rings. The fourth-order valence-corrected chi connectivity index (χ4v) is 1.01. The first-order chi connectivity index (χ1) is 8.33. The van der Waals surface area contributed by atoms with Crippen LogP contribution in [0, 0.1) is 11.8 Å². The fourth-order valence-electron chi connectivity index (χ4n) is 1.01. The Morgan fingerprint density at radius 2 is 2.35 bits per heavy atom. The predicted molar refractivity (Wildman–Crippen MR) is 64.6 cm³/mol. The first-order valence-electron chi connectivity index (χ1n) is 5.33. The first kappa shape index (κ1) is 12.8. The van der Waals surface area contributed by atoms with Gasteiger partial charge in [-0.15, -0.1) is 0 Å². The summed E-state index contributed by atoms with van der Waals surface area (Å²) >= 11 is 0. The van der Waals surface area contributed by atoms with Crippen LogP contribution in [-0.4, -0.2) is 30.7 Å². The molecule has 0 radical (unpaired) electrons. The van der Waals surface area contributed by atoms with E-state index in [-0.39, 0.29) is 12.6 Å². The smallest absolute Gasteiger partial charge is 0.315 e.